The lowest BCUT2D eigenvalue weighted by atomic mass is 9.72. The van der Waals surface area contributed by atoms with Crippen molar-refractivity contribution in [1.82, 2.24) is 4.90 Å². The van der Waals surface area contributed by atoms with Gasteiger partial charge in [0.05, 0.1) is 13.2 Å². The second-order valence-electron chi connectivity index (χ2n) is 10.1. The van der Waals surface area contributed by atoms with E-state index in [9.17, 15) is 19.4 Å². The smallest absolute Gasteiger partial charge is 0.460 e. The van der Waals surface area contributed by atoms with Crippen LogP contribution in [0.1, 0.15) is 53.9 Å². The first kappa shape index (κ1) is 32.2. The first-order chi connectivity index (χ1) is 16.7. The van der Waals surface area contributed by atoms with Crippen LogP contribution in [0.15, 0.2) is 58.7 Å². The van der Waals surface area contributed by atoms with Gasteiger partial charge in [-0.1, -0.05) is 55.4 Å². The number of carbonyl (C=O) groups is 1. The van der Waals surface area contributed by atoms with Crippen LogP contribution in [0.2, 0.25) is 0 Å². The number of hydrogen-bond donors (Lipinski definition) is 2. The van der Waals surface area contributed by atoms with Crippen LogP contribution >= 0.6 is 7.82 Å². The average molecular weight is 526 g/mol. The molecule has 0 bridgehead atoms. The predicted octanol–water partition coefficient (Wildman–Crippen LogP) is 5.12. The van der Waals surface area contributed by atoms with E-state index >= 15 is 0 Å². The summed E-state index contributed by atoms with van der Waals surface area (Å²) in [4.78, 5) is 23.3. The number of hydrogen-bond acceptors (Lipinski definition) is 7. The van der Waals surface area contributed by atoms with Crippen LogP contribution in [-0.4, -0.2) is 67.4 Å². The van der Waals surface area contributed by atoms with Gasteiger partial charge in [-0.15, -0.1) is 0 Å². The predicted molar refractivity (Wildman–Crippen MR) is 143 cm³/mol. The van der Waals surface area contributed by atoms with Gasteiger partial charge in [-0.25, -0.2) is 9.36 Å². The number of rotatable bonds is 14. The lowest BCUT2D eigenvalue weighted by Gasteiger charge is -2.32. The SMILES string of the molecule is CC1=C(/C=C/C(C)=C/C=C/C(C)=C/C(=O)OCC(O)COP(=O)(O)OCCN(C)C)C(C)(C)CCC1. The highest BCUT2D eigenvalue weighted by atomic mass is 31.2. The molecule has 36 heavy (non-hydrogen) atoms. The summed E-state index contributed by atoms with van der Waals surface area (Å²) in [7, 11) is -0.686. The van der Waals surface area contributed by atoms with Crippen molar-refractivity contribution in [3.8, 4) is 0 Å². The van der Waals surface area contributed by atoms with E-state index in [1.165, 1.54) is 30.1 Å². The number of phosphoric acid groups is 1. The number of phosphoric ester groups is 1. The molecule has 204 valence electrons. The van der Waals surface area contributed by atoms with Gasteiger partial charge in [-0.2, -0.15) is 0 Å². The van der Waals surface area contributed by atoms with E-state index < -0.39 is 26.5 Å². The highest BCUT2D eigenvalue weighted by Gasteiger charge is 2.26. The quantitative estimate of drug-likeness (QED) is 0.139. The molecule has 0 aliphatic heterocycles. The van der Waals surface area contributed by atoms with Gasteiger partial charge < -0.3 is 19.6 Å². The summed E-state index contributed by atoms with van der Waals surface area (Å²) >= 11 is 0. The van der Waals surface area contributed by atoms with E-state index in [1.807, 2.05) is 19.1 Å². The van der Waals surface area contributed by atoms with Crippen molar-refractivity contribution in [2.75, 3.05) is 40.5 Å². The molecule has 1 rings (SSSR count). The van der Waals surface area contributed by atoms with Gasteiger partial charge in [0.1, 0.15) is 12.7 Å². The van der Waals surface area contributed by atoms with Crippen LogP contribution in [0, 0.1) is 5.41 Å². The Morgan fingerprint density at radius 2 is 1.86 bits per heavy atom. The second-order valence-corrected chi connectivity index (χ2v) is 11.6. The molecule has 0 radical (unpaired) electrons. The van der Waals surface area contributed by atoms with Crippen molar-refractivity contribution >= 4 is 13.8 Å². The number of likely N-dealkylation sites (N-methyl/N-ethyl adjacent to an activating group) is 1. The maximum atomic E-state index is 12.0. The Hall–Kier alpha value is -1.80. The number of aliphatic hydroxyl groups is 1. The summed E-state index contributed by atoms with van der Waals surface area (Å²) in [5.41, 5.74) is 4.85. The van der Waals surface area contributed by atoms with E-state index in [-0.39, 0.29) is 18.6 Å². The van der Waals surface area contributed by atoms with Crippen molar-refractivity contribution in [3.63, 3.8) is 0 Å². The second kappa shape index (κ2) is 15.5. The fraction of sp³-hybridized carbons (Fsp3) is 0.593. The highest BCUT2D eigenvalue weighted by molar-refractivity contribution is 7.47. The van der Waals surface area contributed by atoms with E-state index in [2.05, 4.69) is 32.9 Å². The maximum absolute atomic E-state index is 12.0. The van der Waals surface area contributed by atoms with Crippen LogP contribution in [0.4, 0.5) is 0 Å². The highest BCUT2D eigenvalue weighted by Crippen LogP contribution is 2.43. The van der Waals surface area contributed by atoms with Gasteiger partial charge in [-0.05, 0) is 70.7 Å². The minimum absolute atomic E-state index is 0.00435. The third-order valence-electron chi connectivity index (χ3n) is 5.76. The van der Waals surface area contributed by atoms with Crippen LogP contribution in [-0.2, 0) is 23.1 Å². The summed E-state index contributed by atoms with van der Waals surface area (Å²) in [5, 5.41) is 9.85. The number of carbonyl (C=O) groups excluding carboxylic acids is 1. The Kier molecular flexibility index (Phi) is 13.8. The molecule has 0 fully saturated rings. The molecule has 2 unspecified atom stereocenters. The van der Waals surface area contributed by atoms with E-state index in [1.54, 1.807) is 32.0 Å². The molecule has 8 nitrogen and oxygen atoms in total. The molecule has 0 spiro atoms. The van der Waals surface area contributed by atoms with Gasteiger partial charge in [0.15, 0.2) is 0 Å². The average Bonchev–Trinajstić information content (AvgIpc) is 2.75. The number of ether oxygens (including phenoxy) is 1. The molecule has 2 atom stereocenters. The van der Waals surface area contributed by atoms with Gasteiger partial charge in [0.2, 0.25) is 0 Å². The van der Waals surface area contributed by atoms with Crippen molar-refractivity contribution in [3.05, 3.63) is 58.7 Å². The molecule has 0 heterocycles. The van der Waals surface area contributed by atoms with Crippen LogP contribution < -0.4 is 0 Å². The molecule has 0 aromatic rings. The Morgan fingerprint density at radius 3 is 2.50 bits per heavy atom. The standard InChI is InChI=1S/C27H44NO7P/c1-21(13-14-25-23(3)12-9-15-27(25,4)5)10-8-11-22(2)18-26(30)33-19-24(29)20-35-36(31,32)34-17-16-28(6)7/h8,10-11,13-14,18,24,29H,9,12,15-17,19-20H2,1-7H3,(H,31,32)/b11-8+,14-13+,21-10+,22-18+. The molecule has 1 aliphatic carbocycles. The Bertz CT molecular complexity index is 928. The molecule has 1 aliphatic rings. The Balaban J connectivity index is 2.48. The zero-order valence-electron chi connectivity index (χ0n) is 22.8. The lowest BCUT2D eigenvalue weighted by molar-refractivity contribution is -0.141. The maximum Gasteiger partial charge on any atom is 0.472 e. The van der Waals surface area contributed by atoms with Gasteiger partial charge in [0, 0.05) is 12.6 Å². The third kappa shape index (κ3) is 13.5. The molecule has 9 heteroatoms. The molecule has 0 amide bonds. The van der Waals surface area contributed by atoms with E-state index in [4.69, 9.17) is 13.8 Å². The molecule has 0 saturated heterocycles. The molecule has 0 saturated carbocycles. The topological polar surface area (TPSA) is 106 Å². The summed E-state index contributed by atoms with van der Waals surface area (Å²) in [6.45, 7) is 10.2. The number of esters is 1. The van der Waals surface area contributed by atoms with Crippen molar-refractivity contribution < 1.29 is 33.1 Å². The number of allylic oxidation sites excluding steroid dienone is 9. The van der Waals surface area contributed by atoms with Crippen molar-refractivity contribution in [2.24, 2.45) is 5.41 Å². The fourth-order valence-corrected chi connectivity index (χ4v) is 4.44. The zero-order chi connectivity index (χ0) is 27.4. The number of nitrogens with zero attached hydrogens (tertiary/aromatic N) is 1. The summed E-state index contributed by atoms with van der Waals surface area (Å²) < 4.78 is 26.2. The molecular formula is C27H44NO7P. The Morgan fingerprint density at radius 1 is 1.17 bits per heavy atom. The largest absolute Gasteiger partial charge is 0.472 e. The molecule has 2 N–H and O–H groups in total. The fourth-order valence-electron chi connectivity index (χ4n) is 3.69. The zero-order valence-corrected chi connectivity index (χ0v) is 23.7. The van der Waals surface area contributed by atoms with E-state index in [0.717, 1.165) is 12.0 Å². The minimum atomic E-state index is -4.28. The normalized spacial score (nSPS) is 19.8. The molecular weight excluding hydrogens is 481 g/mol. The van der Waals surface area contributed by atoms with Gasteiger partial charge in [0.25, 0.3) is 0 Å². The lowest BCUT2D eigenvalue weighted by Crippen LogP contribution is -2.23. The summed E-state index contributed by atoms with van der Waals surface area (Å²) in [6.07, 6.45) is 13.6. The van der Waals surface area contributed by atoms with E-state index in [0.29, 0.717) is 12.1 Å². The first-order valence-corrected chi connectivity index (χ1v) is 13.7. The summed E-state index contributed by atoms with van der Waals surface area (Å²) in [6, 6.07) is 0. The molecule has 0 aromatic carbocycles. The van der Waals surface area contributed by atoms with Crippen molar-refractivity contribution in [1.29, 1.82) is 0 Å². The summed E-state index contributed by atoms with van der Waals surface area (Å²) in [5.74, 6) is -0.631. The van der Waals surface area contributed by atoms with Crippen LogP contribution in [0.25, 0.3) is 0 Å². The Labute approximate surface area is 216 Å². The monoisotopic (exact) mass is 525 g/mol. The number of aliphatic hydroxyl groups excluding tert-OH is 1. The van der Waals surface area contributed by atoms with Gasteiger partial charge >= 0.3 is 13.8 Å². The van der Waals surface area contributed by atoms with Crippen LogP contribution in [0.3, 0.4) is 0 Å². The van der Waals surface area contributed by atoms with Gasteiger partial charge in [-0.3, -0.25) is 9.05 Å². The first-order valence-electron chi connectivity index (χ1n) is 12.2. The third-order valence-corrected chi connectivity index (χ3v) is 6.74. The minimum Gasteiger partial charge on any atom is -0.460 e. The van der Waals surface area contributed by atoms with Crippen LogP contribution in [0.5, 0.6) is 0 Å². The van der Waals surface area contributed by atoms with Crippen molar-refractivity contribution in [2.45, 2.75) is 60.0 Å². The molecule has 0 aromatic heterocycles.